The maximum absolute atomic E-state index is 12.5. The van der Waals surface area contributed by atoms with Crippen molar-refractivity contribution in [2.75, 3.05) is 6.26 Å². The van der Waals surface area contributed by atoms with Crippen LogP contribution in [0.3, 0.4) is 0 Å². The number of hydrogen-bond acceptors (Lipinski definition) is 8. The molecule has 0 bridgehead atoms. The molecule has 2 aromatic rings. The van der Waals surface area contributed by atoms with Crippen LogP contribution in [0.15, 0.2) is 33.8 Å². The molecule has 1 saturated heterocycles. The minimum absolute atomic E-state index is 0.126. The number of nitrogens with zero attached hydrogens (tertiary/aromatic N) is 1. The van der Waals surface area contributed by atoms with E-state index in [4.69, 9.17) is 25.5 Å². The second-order valence-electron chi connectivity index (χ2n) is 7.00. The van der Waals surface area contributed by atoms with E-state index in [1.807, 2.05) is 0 Å². The van der Waals surface area contributed by atoms with Crippen LogP contribution in [0.2, 0.25) is 5.02 Å². The molecule has 2 aromatic heterocycles. The number of ether oxygens (including phenoxy) is 2. The summed E-state index contributed by atoms with van der Waals surface area (Å²) in [6.07, 6.45) is 3.53. The Labute approximate surface area is 171 Å². The van der Waals surface area contributed by atoms with Gasteiger partial charge < -0.3 is 13.9 Å². The lowest BCUT2D eigenvalue weighted by Gasteiger charge is -2.32. The van der Waals surface area contributed by atoms with Crippen LogP contribution in [0.5, 0.6) is 0 Å². The van der Waals surface area contributed by atoms with Crippen LogP contribution in [0.4, 0.5) is 0 Å². The highest BCUT2D eigenvalue weighted by Gasteiger charge is 2.43. The van der Waals surface area contributed by atoms with Gasteiger partial charge in [-0.15, -0.1) is 0 Å². The molecule has 0 atom stereocenters. The summed E-state index contributed by atoms with van der Waals surface area (Å²) in [5.74, 6) is -5.32. The van der Waals surface area contributed by atoms with Crippen LogP contribution in [-0.2, 0) is 35.3 Å². The predicted octanol–water partition coefficient (Wildman–Crippen LogP) is 2.21. The molecule has 1 aliphatic heterocycles. The molecule has 1 fully saturated rings. The minimum atomic E-state index is -3.86. The van der Waals surface area contributed by atoms with Gasteiger partial charge in [-0.1, -0.05) is 11.6 Å². The first-order valence-corrected chi connectivity index (χ1v) is 10.8. The van der Waals surface area contributed by atoms with E-state index in [-0.39, 0.29) is 34.3 Å². The number of carbonyl (C=O) groups is 3. The summed E-state index contributed by atoms with van der Waals surface area (Å²) in [5, 5.41) is -0.351. The SMILES string of the molecule is CC1(C)OC(=O)C(CCc2oc(C(=O)n3cccc3)c(Cl)c2S(C)(=O)=O)C(=O)O1. The van der Waals surface area contributed by atoms with E-state index < -0.39 is 39.4 Å². The molecule has 11 heteroatoms. The van der Waals surface area contributed by atoms with E-state index in [0.717, 1.165) is 6.26 Å². The molecule has 0 unspecified atom stereocenters. The fourth-order valence-electron chi connectivity index (χ4n) is 2.95. The Kier molecular flexibility index (Phi) is 5.35. The van der Waals surface area contributed by atoms with Gasteiger partial charge in [0.15, 0.2) is 15.8 Å². The van der Waals surface area contributed by atoms with Crippen molar-refractivity contribution in [1.29, 1.82) is 0 Å². The lowest BCUT2D eigenvalue weighted by Crippen LogP contribution is -2.46. The standard InChI is InChI=1S/C18H18ClNO8S/c1-18(2)27-16(22)10(17(23)28-18)6-7-11-14(29(3,24)25)12(19)13(26-11)15(21)20-8-4-5-9-20/h4-5,8-10H,6-7H2,1-3H3. The van der Waals surface area contributed by atoms with Crippen LogP contribution in [0.25, 0.3) is 0 Å². The molecule has 29 heavy (non-hydrogen) atoms. The number of cyclic esters (lactones) is 2. The molecule has 3 rings (SSSR count). The predicted molar refractivity (Wildman–Crippen MR) is 99.1 cm³/mol. The number of esters is 2. The van der Waals surface area contributed by atoms with Gasteiger partial charge in [-0.2, -0.15) is 0 Å². The molecule has 0 amide bonds. The largest absolute Gasteiger partial charge is 0.453 e. The summed E-state index contributed by atoms with van der Waals surface area (Å²) in [5.41, 5.74) is 0. The Bertz CT molecular complexity index is 1060. The van der Waals surface area contributed by atoms with Crippen molar-refractivity contribution in [3.05, 3.63) is 41.1 Å². The Hall–Kier alpha value is -2.59. The van der Waals surface area contributed by atoms with Gasteiger partial charge in [0.25, 0.3) is 11.7 Å². The van der Waals surface area contributed by atoms with Crippen LogP contribution in [0.1, 0.15) is 36.6 Å². The molecule has 0 radical (unpaired) electrons. The summed E-state index contributed by atoms with van der Waals surface area (Å²) in [7, 11) is -3.86. The number of sulfone groups is 1. The van der Waals surface area contributed by atoms with Crippen molar-refractivity contribution in [1.82, 2.24) is 4.57 Å². The summed E-state index contributed by atoms with van der Waals surface area (Å²) < 4.78 is 41.2. The highest BCUT2D eigenvalue weighted by Crippen LogP contribution is 2.35. The zero-order valence-electron chi connectivity index (χ0n) is 15.8. The lowest BCUT2D eigenvalue weighted by molar-refractivity contribution is -0.240. The number of aryl methyl sites for hydroxylation is 1. The smallest absolute Gasteiger partial charge is 0.323 e. The van der Waals surface area contributed by atoms with Crippen molar-refractivity contribution in [3.63, 3.8) is 0 Å². The van der Waals surface area contributed by atoms with E-state index in [9.17, 15) is 22.8 Å². The summed E-state index contributed by atoms with van der Waals surface area (Å²) >= 11 is 6.15. The van der Waals surface area contributed by atoms with Crippen LogP contribution < -0.4 is 0 Å². The molecule has 156 valence electrons. The third-order valence-corrected chi connectivity index (χ3v) is 5.85. The Morgan fingerprint density at radius 3 is 2.24 bits per heavy atom. The number of carbonyl (C=O) groups excluding carboxylic acids is 3. The molecule has 9 nitrogen and oxygen atoms in total. The number of furan rings is 1. The molecule has 3 heterocycles. The molecule has 1 aliphatic rings. The Morgan fingerprint density at radius 2 is 1.72 bits per heavy atom. The van der Waals surface area contributed by atoms with Gasteiger partial charge in [0.2, 0.25) is 5.76 Å². The van der Waals surface area contributed by atoms with Crippen LogP contribution >= 0.6 is 11.6 Å². The normalized spacial score (nSPS) is 17.1. The number of aromatic nitrogens is 1. The number of hydrogen-bond donors (Lipinski definition) is 0. The molecular formula is C18H18ClNO8S. The van der Waals surface area contributed by atoms with Gasteiger partial charge in [0, 0.05) is 38.9 Å². The minimum Gasteiger partial charge on any atom is -0.453 e. The quantitative estimate of drug-likeness (QED) is 0.509. The van der Waals surface area contributed by atoms with Crippen molar-refractivity contribution < 1.29 is 36.7 Å². The van der Waals surface area contributed by atoms with E-state index in [1.165, 1.54) is 30.8 Å². The van der Waals surface area contributed by atoms with E-state index >= 15 is 0 Å². The third kappa shape index (κ3) is 4.23. The van der Waals surface area contributed by atoms with Gasteiger partial charge in [0.1, 0.15) is 15.7 Å². The van der Waals surface area contributed by atoms with E-state index in [2.05, 4.69) is 0 Å². The first-order chi connectivity index (χ1) is 13.4. The fraction of sp³-hybridized carbons (Fsp3) is 0.389. The number of rotatable bonds is 5. The third-order valence-electron chi connectivity index (χ3n) is 4.20. The Morgan fingerprint density at radius 1 is 1.17 bits per heavy atom. The average molecular weight is 444 g/mol. The highest BCUT2D eigenvalue weighted by atomic mass is 35.5. The van der Waals surface area contributed by atoms with Gasteiger partial charge in [0.05, 0.1) is 0 Å². The summed E-state index contributed by atoms with van der Waals surface area (Å²) in [6, 6.07) is 3.21. The lowest BCUT2D eigenvalue weighted by atomic mass is 10.0. The summed E-state index contributed by atoms with van der Waals surface area (Å²) in [6.45, 7) is 2.85. The molecule has 0 spiro atoms. The molecule has 0 aromatic carbocycles. The van der Waals surface area contributed by atoms with Crippen molar-refractivity contribution in [2.24, 2.45) is 5.92 Å². The number of halogens is 1. The van der Waals surface area contributed by atoms with Gasteiger partial charge in [-0.3, -0.25) is 19.0 Å². The zero-order chi connectivity index (χ0) is 21.6. The second-order valence-corrected chi connectivity index (χ2v) is 9.33. The van der Waals surface area contributed by atoms with Crippen molar-refractivity contribution >= 4 is 39.3 Å². The zero-order valence-corrected chi connectivity index (χ0v) is 17.4. The molecular weight excluding hydrogens is 426 g/mol. The monoisotopic (exact) mass is 443 g/mol. The van der Waals surface area contributed by atoms with E-state index in [0.29, 0.717) is 0 Å². The maximum Gasteiger partial charge on any atom is 0.323 e. The van der Waals surface area contributed by atoms with Crippen LogP contribution in [0, 0.1) is 5.92 Å². The molecule has 0 saturated carbocycles. The highest BCUT2D eigenvalue weighted by molar-refractivity contribution is 7.90. The van der Waals surface area contributed by atoms with Crippen molar-refractivity contribution in [2.45, 2.75) is 37.4 Å². The molecule has 0 aliphatic carbocycles. The van der Waals surface area contributed by atoms with Gasteiger partial charge >= 0.3 is 11.9 Å². The molecule has 0 N–H and O–H groups in total. The van der Waals surface area contributed by atoms with Crippen molar-refractivity contribution in [3.8, 4) is 0 Å². The second kappa shape index (κ2) is 7.34. The average Bonchev–Trinajstić information content (AvgIpc) is 3.19. The van der Waals surface area contributed by atoms with Gasteiger partial charge in [-0.05, 0) is 18.6 Å². The summed E-state index contributed by atoms with van der Waals surface area (Å²) in [4.78, 5) is 36.4. The van der Waals surface area contributed by atoms with Crippen LogP contribution in [-0.4, -0.2) is 42.9 Å². The van der Waals surface area contributed by atoms with E-state index in [1.54, 1.807) is 12.1 Å². The first kappa shape index (κ1) is 21.1. The fourth-order valence-corrected chi connectivity index (χ4v) is 4.57. The maximum atomic E-state index is 12.5. The van der Waals surface area contributed by atoms with Gasteiger partial charge in [-0.25, -0.2) is 8.42 Å². The topological polar surface area (TPSA) is 122 Å². The Balaban J connectivity index is 1.91. The first-order valence-electron chi connectivity index (χ1n) is 8.55.